The lowest BCUT2D eigenvalue weighted by molar-refractivity contribution is 0.0747. The molecule has 1 atom stereocenters. The van der Waals surface area contributed by atoms with Gasteiger partial charge in [-0.25, -0.2) is 0 Å². The second-order valence-electron chi connectivity index (χ2n) is 4.06. The summed E-state index contributed by atoms with van der Waals surface area (Å²) < 4.78 is 0.872. The average molecular weight is 397 g/mol. The lowest BCUT2D eigenvalue weighted by Gasteiger charge is -2.25. The molecule has 0 aliphatic carbocycles. The highest BCUT2D eigenvalue weighted by Gasteiger charge is 2.20. The molecule has 0 spiro atoms. The van der Waals surface area contributed by atoms with Crippen LogP contribution in [0.5, 0.6) is 0 Å². The summed E-state index contributed by atoms with van der Waals surface area (Å²) in [5.41, 5.74) is 6.09. The molecule has 0 fully saturated rings. The highest BCUT2D eigenvalue weighted by Crippen LogP contribution is 2.20. The quantitative estimate of drug-likeness (QED) is 0.628. The van der Waals surface area contributed by atoms with Crippen LogP contribution >= 0.6 is 46.4 Å². The Morgan fingerprint density at radius 3 is 2.78 bits per heavy atom. The van der Waals surface area contributed by atoms with E-state index < -0.39 is 0 Å². The van der Waals surface area contributed by atoms with E-state index in [4.69, 9.17) is 29.6 Å². The summed E-state index contributed by atoms with van der Waals surface area (Å²) in [6, 6.07) is 5.22. The maximum Gasteiger partial charge on any atom is 0.254 e. The summed E-state index contributed by atoms with van der Waals surface area (Å²) in [6.45, 7) is 1.91. The number of benzene rings is 1. The maximum atomic E-state index is 12.3. The first-order valence-electron chi connectivity index (χ1n) is 5.33. The smallest absolute Gasteiger partial charge is 0.254 e. The predicted molar refractivity (Wildman–Crippen MR) is 87.1 cm³/mol. The first-order chi connectivity index (χ1) is 8.32. The van der Waals surface area contributed by atoms with E-state index in [0.29, 0.717) is 22.0 Å². The van der Waals surface area contributed by atoms with Gasteiger partial charge in [0.25, 0.3) is 5.91 Å². The minimum absolute atomic E-state index is 0.0372. The Hall–Kier alpha value is -0.400. The van der Waals surface area contributed by atoms with Gasteiger partial charge in [0.15, 0.2) is 0 Å². The molecule has 0 aliphatic rings. The minimum atomic E-state index is -0.0781. The molecule has 98 valence electrons. The second-order valence-corrected chi connectivity index (χ2v) is 6.18. The molecular formula is C12H14ClIN2OS. The SMILES string of the molecule is CC(CC(N)=S)N(C)C(=O)c1cc(Cl)ccc1I. The fourth-order valence-corrected chi connectivity index (χ4v) is 2.46. The van der Waals surface area contributed by atoms with E-state index in [-0.39, 0.29) is 11.9 Å². The van der Waals surface area contributed by atoms with E-state index in [1.165, 1.54) is 0 Å². The molecule has 1 aromatic carbocycles. The lowest BCUT2D eigenvalue weighted by atomic mass is 10.1. The molecule has 6 heteroatoms. The highest BCUT2D eigenvalue weighted by molar-refractivity contribution is 14.1. The van der Waals surface area contributed by atoms with Crippen molar-refractivity contribution in [3.05, 3.63) is 32.4 Å². The van der Waals surface area contributed by atoms with E-state index in [2.05, 4.69) is 22.6 Å². The predicted octanol–water partition coefficient (Wildman–Crippen LogP) is 3.08. The number of hydrogen-bond donors (Lipinski definition) is 1. The molecule has 1 amide bonds. The Labute approximate surface area is 131 Å². The summed E-state index contributed by atoms with van der Waals surface area (Å²) in [7, 11) is 1.74. The molecule has 1 rings (SSSR count). The number of thiocarbonyl (C=S) groups is 1. The van der Waals surface area contributed by atoms with Gasteiger partial charge in [-0.15, -0.1) is 0 Å². The topological polar surface area (TPSA) is 46.3 Å². The molecule has 0 saturated heterocycles. The van der Waals surface area contributed by atoms with E-state index in [9.17, 15) is 4.79 Å². The van der Waals surface area contributed by atoms with Gasteiger partial charge in [-0.1, -0.05) is 23.8 Å². The van der Waals surface area contributed by atoms with Crippen molar-refractivity contribution in [3.8, 4) is 0 Å². The average Bonchev–Trinajstić information content (AvgIpc) is 2.29. The fraction of sp³-hybridized carbons (Fsp3) is 0.333. The number of hydrogen-bond acceptors (Lipinski definition) is 2. The normalized spacial score (nSPS) is 12.0. The summed E-state index contributed by atoms with van der Waals surface area (Å²) in [6.07, 6.45) is 0.509. The zero-order valence-corrected chi connectivity index (χ0v) is 13.8. The molecule has 2 N–H and O–H groups in total. The van der Waals surface area contributed by atoms with E-state index in [0.717, 1.165) is 3.57 Å². The van der Waals surface area contributed by atoms with E-state index in [1.807, 2.05) is 13.0 Å². The molecule has 0 heterocycles. The molecule has 3 nitrogen and oxygen atoms in total. The molecule has 1 aromatic rings. The second kappa shape index (κ2) is 6.68. The van der Waals surface area contributed by atoms with Gasteiger partial charge in [-0.2, -0.15) is 0 Å². The van der Waals surface area contributed by atoms with Crippen molar-refractivity contribution in [1.29, 1.82) is 0 Å². The van der Waals surface area contributed by atoms with Crippen molar-refractivity contribution in [2.75, 3.05) is 7.05 Å². The van der Waals surface area contributed by atoms with Crippen LogP contribution in [0.25, 0.3) is 0 Å². The van der Waals surface area contributed by atoms with Gasteiger partial charge in [-0.05, 0) is 47.7 Å². The molecule has 1 unspecified atom stereocenters. The minimum Gasteiger partial charge on any atom is -0.393 e. The third-order valence-corrected chi connectivity index (χ3v) is 3.98. The van der Waals surface area contributed by atoms with Crippen LogP contribution in [0.15, 0.2) is 18.2 Å². The van der Waals surface area contributed by atoms with Crippen LogP contribution in [-0.4, -0.2) is 28.9 Å². The molecule has 0 aliphatic heterocycles. The monoisotopic (exact) mass is 396 g/mol. The van der Waals surface area contributed by atoms with Crippen LogP contribution in [0.2, 0.25) is 5.02 Å². The molecule has 0 saturated carbocycles. The number of nitrogens with two attached hydrogens (primary N) is 1. The summed E-state index contributed by atoms with van der Waals surface area (Å²) in [5, 5.41) is 0.550. The zero-order chi connectivity index (χ0) is 13.9. The van der Waals surface area contributed by atoms with Gasteiger partial charge in [0.1, 0.15) is 0 Å². The van der Waals surface area contributed by atoms with Crippen LogP contribution in [0.1, 0.15) is 23.7 Å². The molecule has 18 heavy (non-hydrogen) atoms. The van der Waals surface area contributed by atoms with Crippen LogP contribution in [0.3, 0.4) is 0 Å². The lowest BCUT2D eigenvalue weighted by Crippen LogP contribution is -2.37. The number of halogens is 2. The van der Waals surface area contributed by atoms with Crippen LogP contribution in [0, 0.1) is 3.57 Å². The summed E-state index contributed by atoms with van der Waals surface area (Å²) in [5.74, 6) is -0.0781. The van der Waals surface area contributed by atoms with E-state index >= 15 is 0 Å². The molecule has 0 bridgehead atoms. The number of carbonyl (C=O) groups excluding carboxylic acids is 1. The van der Waals surface area contributed by atoms with Gasteiger partial charge in [0, 0.05) is 28.1 Å². The van der Waals surface area contributed by atoms with Gasteiger partial charge in [0.05, 0.1) is 10.6 Å². The largest absolute Gasteiger partial charge is 0.393 e. The van der Waals surface area contributed by atoms with Gasteiger partial charge >= 0.3 is 0 Å². The third-order valence-electron chi connectivity index (χ3n) is 2.64. The fourth-order valence-electron chi connectivity index (χ4n) is 1.48. The van der Waals surface area contributed by atoms with Crippen molar-refractivity contribution >= 4 is 57.3 Å². The Bertz CT molecular complexity index is 481. The van der Waals surface area contributed by atoms with Crippen LogP contribution in [0.4, 0.5) is 0 Å². The highest BCUT2D eigenvalue weighted by atomic mass is 127. The molecule has 0 aromatic heterocycles. The van der Waals surface area contributed by atoms with Crippen LogP contribution < -0.4 is 5.73 Å². The Balaban J connectivity index is 2.92. The first kappa shape index (κ1) is 15.7. The van der Waals surface area contributed by atoms with Crippen molar-refractivity contribution in [2.45, 2.75) is 19.4 Å². The van der Waals surface area contributed by atoms with Crippen molar-refractivity contribution in [2.24, 2.45) is 5.73 Å². The molecular weight excluding hydrogens is 383 g/mol. The number of amides is 1. The van der Waals surface area contributed by atoms with Crippen molar-refractivity contribution in [3.63, 3.8) is 0 Å². The third kappa shape index (κ3) is 4.07. The number of nitrogens with zero attached hydrogens (tertiary/aromatic N) is 1. The first-order valence-corrected chi connectivity index (χ1v) is 7.20. The summed E-state index contributed by atoms with van der Waals surface area (Å²) in [4.78, 5) is 14.4. The molecule has 0 radical (unpaired) electrons. The Morgan fingerprint density at radius 2 is 2.22 bits per heavy atom. The van der Waals surface area contributed by atoms with Gasteiger partial charge < -0.3 is 10.6 Å². The van der Waals surface area contributed by atoms with Crippen molar-refractivity contribution in [1.82, 2.24) is 4.90 Å². The maximum absolute atomic E-state index is 12.3. The number of carbonyl (C=O) groups is 1. The van der Waals surface area contributed by atoms with Crippen molar-refractivity contribution < 1.29 is 4.79 Å². The Morgan fingerprint density at radius 1 is 1.61 bits per heavy atom. The number of rotatable bonds is 4. The summed E-state index contributed by atoms with van der Waals surface area (Å²) >= 11 is 12.9. The standard InChI is InChI=1S/C12H14ClIN2OS/c1-7(5-11(15)18)16(2)12(17)9-6-8(13)3-4-10(9)14/h3-4,6-7H,5H2,1-2H3,(H2,15,18). The van der Waals surface area contributed by atoms with E-state index in [1.54, 1.807) is 24.1 Å². The Kier molecular flexibility index (Phi) is 5.81. The van der Waals surface area contributed by atoms with Crippen LogP contribution in [-0.2, 0) is 0 Å². The van der Waals surface area contributed by atoms with Gasteiger partial charge in [-0.3, -0.25) is 4.79 Å². The van der Waals surface area contributed by atoms with Gasteiger partial charge in [0.2, 0.25) is 0 Å². The zero-order valence-electron chi connectivity index (χ0n) is 10.1.